The number of anilines is 1. The Kier molecular flexibility index (Phi) is 17.3. The van der Waals surface area contributed by atoms with E-state index in [-0.39, 0.29) is 135 Å². The minimum Gasteiger partial charge on any atom is -0.790 e. The summed E-state index contributed by atoms with van der Waals surface area (Å²) in [4.78, 5) is 65.2. The van der Waals surface area contributed by atoms with Gasteiger partial charge in [-0.15, -0.1) is 6.42 Å². The number of alkyl halides is 1. The third-order valence-corrected chi connectivity index (χ3v) is 7.77. The van der Waals surface area contributed by atoms with E-state index in [0.717, 1.165) is 10.9 Å². The van der Waals surface area contributed by atoms with Gasteiger partial charge in [0.1, 0.15) is 6.10 Å². The fraction of sp³-hybridized carbons (Fsp3) is 0.417. The number of terminal acetylenes is 1. The summed E-state index contributed by atoms with van der Waals surface area (Å²) in [6.45, 7) is 0. The number of aliphatic hydroxyl groups is 1. The SMILES string of the molecule is C#C[C@]1(F)C[C@@H](C(O)OP(=O)([O-])OP(=O)([O-])OP(=O)([O-])[O-])O[C@@H]1n1cnc2c(=O)[nH]c(N)nc21.[Na+].[Na+].[Na+].[Na+]. The standard InChI is InChI=1S/C12H15FN5O13P3.4Na/c1-2-12(13)3-5(9(20)29-33(24,25)31-34(26,27)30-32(21,22)23)28-10(12)18-4-15-6-7(18)16-11(14)17-8(6)19;;;;/h1,4-5,9-10,20H,3H2,(H,24,25)(H,26,27)(H2,21,22,23)(H3,14,16,17,19);;;;/q;4*+1/p-4/t5-,9?,10-,12-;;;;/m0..../s1. The molecule has 38 heavy (non-hydrogen) atoms. The Morgan fingerprint density at radius 3 is 2.34 bits per heavy atom. The van der Waals surface area contributed by atoms with E-state index in [1.807, 2.05) is 0 Å². The summed E-state index contributed by atoms with van der Waals surface area (Å²) < 4.78 is 65.0. The van der Waals surface area contributed by atoms with Gasteiger partial charge < -0.3 is 39.7 Å². The number of aliphatic hydroxyl groups excluding tert-OH is 1. The smallest absolute Gasteiger partial charge is 0.790 e. The number of rotatable bonds is 8. The zero-order valence-corrected chi connectivity index (χ0v) is 30.8. The molecule has 1 saturated heterocycles. The van der Waals surface area contributed by atoms with Gasteiger partial charge >= 0.3 is 118 Å². The van der Waals surface area contributed by atoms with Gasteiger partial charge in [-0.2, -0.15) is 4.98 Å². The maximum Gasteiger partial charge on any atom is 1.00 e. The quantitative estimate of drug-likeness (QED) is 0.105. The summed E-state index contributed by atoms with van der Waals surface area (Å²) in [5, 5.41) is 10.00. The van der Waals surface area contributed by atoms with E-state index in [4.69, 9.17) is 16.9 Å². The summed E-state index contributed by atoms with van der Waals surface area (Å²) in [6.07, 6.45) is -1.29. The second-order valence-electron chi connectivity index (χ2n) is 6.51. The van der Waals surface area contributed by atoms with Gasteiger partial charge in [-0.1, -0.05) is 5.92 Å². The molecule has 3 heterocycles. The van der Waals surface area contributed by atoms with Gasteiger partial charge in [0.15, 0.2) is 23.7 Å². The van der Waals surface area contributed by atoms with Gasteiger partial charge in [-0.05, 0) is 0 Å². The first-order valence-electron chi connectivity index (χ1n) is 8.43. The Hall–Kier alpha value is 1.97. The Labute approximate surface area is 300 Å². The topological polar surface area (TPSA) is 290 Å². The number of nitrogens with two attached hydrogens (primary N) is 1. The van der Waals surface area contributed by atoms with Crippen molar-refractivity contribution in [2.75, 3.05) is 5.73 Å². The van der Waals surface area contributed by atoms with Crippen molar-refractivity contribution in [2.45, 2.75) is 30.7 Å². The normalized spacial score (nSPS) is 24.8. The predicted molar refractivity (Wildman–Crippen MR) is 95.8 cm³/mol. The molecule has 1 fully saturated rings. The molecule has 26 heteroatoms. The summed E-state index contributed by atoms with van der Waals surface area (Å²) in [5.74, 6) is 1.36. The molecule has 0 spiro atoms. The third-order valence-electron chi connectivity index (χ3n) is 4.09. The van der Waals surface area contributed by atoms with Crippen LogP contribution in [0.1, 0.15) is 12.6 Å². The van der Waals surface area contributed by atoms with E-state index in [1.165, 1.54) is 0 Å². The number of nitrogens with zero attached hydrogens (tertiary/aromatic N) is 3. The van der Waals surface area contributed by atoms with E-state index in [0.29, 0.717) is 0 Å². The molecular weight excluding hydrogens is 626 g/mol. The molecule has 6 atom stereocenters. The summed E-state index contributed by atoms with van der Waals surface area (Å²) in [6, 6.07) is 0. The monoisotopic (exact) mass is 637 g/mol. The molecule has 1 aliphatic rings. The van der Waals surface area contributed by atoms with E-state index in [9.17, 15) is 43.2 Å². The summed E-state index contributed by atoms with van der Waals surface area (Å²) in [5.41, 5.74) is 1.28. The van der Waals surface area contributed by atoms with Crippen LogP contribution < -0.4 is 149 Å². The molecular formula is C12H11FN5Na4O13P3. The van der Waals surface area contributed by atoms with Crippen molar-refractivity contribution < 1.29 is 179 Å². The number of aromatic amines is 1. The Morgan fingerprint density at radius 1 is 1.24 bits per heavy atom. The average molecular weight is 637 g/mol. The van der Waals surface area contributed by atoms with Gasteiger partial charge in [-0.3, -0.25) is 32.3 Å². The molecule has 4 N–H and O–H groups in total. The number of phosphoric ester groups is 1. The maximum absolute atomic E-state index is 15.4. The van der Waals surface area contributed by atoms with Crippen molar-refractivity contribution in [3.63, 3.8) is 0 Å². The van der Waals surface area contributed by atoms with E-state index in [2.05, 4.69) is 28.1 Å². The predicted octanol–water partition coefficient (Wildman–Crippen LogP) is -15.5. The number of phosphoric acid groups is 3. The van der Waals surface area contributed by atoms with Crippen molar-refractivity contribution in [3.05, 3.63) is 16.7 Å². The first-order valence-corrected chi connectivity index (χ1v) is 12.8. The minimum atomic E-state index is -6.31. The largest absolute Gasteiger partial charge is 1.00 e. The van der Waals surface area contributed by atoms with E-state index < -0.39 is 59.7 Å². The molecule has 3 unspecified atom stereocenters. The number of aromatic nitrogens is 4. The number of nitrogen functional groups attached to an aromatic ring is 1. The van der Waals surface area contributed by atoms with Crippen LogP contribution in [0.5, 0.6) is 0 Å². The maximum atomic E-state index is 15.4. The summed E-state index contributed by atoms with van der Waals surface area (Å²) in [7, 11) is -18.7. The molecule has 1 aliphatic heterocycles. The number of imidazole rings is 1. The first kappa shape index (κ1) is 42.1. The first-order chi connectivity index (χ1) is 15.5. The van der Waals surface area contributed by atoms with Gasteiger partial charge in [0.2, 0.25) is 11.6 Å². The Balaban J connectivity index is 0. The molecule has 0 amide bonds. The Bertz CT molecular complexity index is 1370. The second-order valence-corrected chi connectivity index (χ2v) is 10.7. The van der Waals surface area contributed by atoms with E-state index in [1.54, 1.807) is 5.92 Å². The minimum absolute atomic E-state index is 0. The van der Waals surface area contributed by atoms with Crippen molar-refractivity contribution >= 4 is 40.6 Å². The van der Waals surface area contributed by atoms with Gasteiger partial charge in [0.25, 0.3) is 21.2 Å². The molecule has 0 aliphatic carbocycles. The fourth-order valence-electron chi connectivity index (χ4n) is 2.89. The van der Waals surface area contributed by atoms with Crippen LogP contribution in [0.15, 0.2) is 11.1 Å². The van der Waals surface area contributed by atoms with Gasteiger partial charge in [0.05, 0.1) is 14.2 Å². The van der Waals surface area contributed by atoms with Crippen molar-refractivity contribution in [2.24, 2.45) is 0 Å². The third kappa shape index (κ3) is 10.6. The number of hydrogen-bond donors (Lipinski definition) is 3. The zero-order valence-electron chi connectivity index (χ0n) is 20.1. The Morgan fingerprint density at radius 2 is 1.82 bits per heavy atom. The van der Waals surface area contributed by atoms with Crippen LogP contribution in [0.3, 0.4) is 0 Å². The van der Waals surface area contributed by atoms with Crippen molar-refractivity contribution in [1.29, 1.82) is 0 Å². The molecule has 0 radical (unpaired) electrons. The van der Waals surface area contributed by atoms with E-state index >= 15 is 4.39 Å². The van der Waals surface area contributed by atoms with Gasteiger partial charge in [-0.25, -0.2) is 13.7 Å². The molecule has 3 rings (SSSR count). The fourth-order valence-corrected chi connectivity index (χ4v) is 5.79. The molecule has 18 nitrogen and oxygen atoms in total. The second kappa shape index (κ2) is 15.6. The van der Waals surface area contributed by atoms with Crippen LogP contribution in [0.25, 0.3) is 11.2 Å². The summed E-state index contributed by atoms with van der Waals surface area (Å²) >= 11 is 0. The van der Waals surface area contributed by atoms with Crippen LogP contribution >= 0.6 is 23.5 Å². The van der Waals surface area contributed by atoms with Crippen LogP contribution in [-0.4, -0.2) is 42.7 Å². The number of fused-ring (bicyclic) bond motifs is 1. The number of ether oxygens (including phenoxy) is 1. The van der Waals surface area contributed by atoms with Gasteiger partial charge in [0, 0.05) is 6.42 Å². The molecule has 2 aromatic rings. The zero-order chi connectivity index (χ0) is 25.7. The number of halogens is 1. The molecule has 2 aromatic heterocycles. The number of H-pyrrole nitrogens is 1. The molecule has 0 aromatic carbocycles. The molecule has 0 bridgehead atoms. The van der Waals surface area contributed by atoms with Crippen LogP contribution in [0.4, 0.5) is 10.3 Å². The van der Waals surface area contributed by atoms with Crippen LogP contribution in [0, 0.1) is 12.3 Å². The van der Waals surface area contributed by atoms with Crippen LogP contribution in [0.2, 0.25) is 0 Å². The average Bonchev–Trinajstić information content (AvgIpc) is 3.19. The molecule has 188 valence electrons. The number of nitrogens with one attached hydrogen (secondary N) is 1. The van der Waals surface area contributed by atoms with Crippen molar-refractivity contribution in [1.82, 2.24) is 19.5 Å². The molecule has 0 saturated carbocycles. The van der Waals surface area contributed by atoms with Crippen molar-refractivity contribution in [3.8, 4) is 12.3 Å². The number of hydrogen-bond acceptors (Lipinski definition) is 16. The van der Waals surface area contributed by atoms with Crippen LogP contribution in [-0.2, 0) is 31.6 Å².